The van der Waals surface area contributed by atoms with Gasteiger partial charge in [-0.15, -0.1) is 0 Å². The minimum absolute atomic E-state index is 0.153. The lowest BCUT2D eigenvalue weighted by Crippen LogP contribution is -2.33. The molecule has 2 aliphatic rings. The molecule has 0 radical (unpaired) electrons. The number of hydrogen-bond acceptors (Lipinski definition) is 3. The van der Waals surface area contributed by atoms with Crippen LogP contribution in [0.15, 0.2) is 42.5 Å². The van der Waals surface area contributed by atoms with Gasteiger partial charge in [-0.3, -0.25) is 4.79 Å². The van der Waals surface area contributed by atoms with Gasteiger partial charge in [-0.2, -0.15) is 0 Å². The van der Waals surface area contributed by atoms with Crippen LogP contribution >= 0.6 is 0 Å². The molecule has 2 aromatic carbocycles. The zero-order valence-corrected chi connectivity index (χ0v) is 18.2. The Kier molecular flexibility index (Phi) is 6.75. The molecule has 0 aromatic heterocycles. The van der Waals surface area contributed by atoms with Crippen molar-refractivity contribution < 1.29 is 14.3 Å². The highest BCUT2D eigenvalue weighted by molar-refractivity contribution is 6.01. The maximum Gasteiger partial charge on any atom is 0.323 e. The summed E-state index contributed by atoms with van der Waals surface area (Å²) >= 11 is 0. The first kappa shape index (κ1) is 21.2. The van der Waals surface area contributed by atoms with Gasteiger partial charge in [0.25, 0.3) is 0 Å². The number of nitrogens with zero attached hydrogens (tertiary/aromatic N) is 1. The van der Waals surface area contributed by atoms with E-state index < -0.39 is 0 Å². The number of nitrogens with one attached hydrogen (secondary N) is 2. The van der Waals surface area contributed by atoms with Crippen LogP contribution in [0.25, 0.3) is 0 Å². The van der Waals surface area contributed by atoms with Crippen molar-refractivity contribution in [1.82, 2.24) is 0 Å². The first-order valence-corrected chi connectivity index (χ1v) is 11.4. The molecule has 2 N–H and O–H groups in total. The van der Waals surface area contributed by atoms with Gasteiger partial charge in [0, 0.05) is 29.5 Å². The molecule has 31 heavy (non-hydrogen) atoms. The van der Waals surface area contributed by atoms with Gasteiger partial charge in [-0.05, 0) is 67.6 Å². The molecule has 1 fully saturated rings. The summed E-state index contributed by atoms with van der Waals surface area (Å²) in [5.41, 5.74) is 3.47. The number of amides is 3. The SMILES string of the molecule is CCCCOc1ccc(NC(=O)Nc2ccc3c(c2)N(C(=O)C2CCCC2)CC3)cc1. The van der Waals surface area contributed by atoms with Crippen LogP contribution in [0.4, 0.5) is 21.9 Å². The smallest absolute Gasteiger partial charge is 0.323 e. The summed E-state index contributed by atoms with van der Waals surface area (Å²) in [7, 11) is 0. The van der Waals surface area contributed by atoms with E-state index in [1.165, 1.54) is 0 Å². The van der Waals surface area contributed by atoms with Gasteiger partial charge in [-0.25, -0.2) is 4.79 Å². The minimum atomic E-state index is -0.314. The van der Waals surface area contributed by atoms with Crippen molar-refractivity contribution in [3.8, 4) is 5.75 Å². The second kappa shape index (κ2) is 9.86. The summed E-state index contributed by atoms with van der Waals surface area (Å²) in [5.74, 6) is 1.18. The molecule has 1 heterocycles. The van der Waals surface area contributed by atoms with Crippen molar-refractivity contribution in [3.05, 3.63) is 48.0 Å². The lowest BCUT2D eigenvalue weighted by atomic mass is 10.1. The predicted molar refractivity (Wildman–Crippen MR) is 124 cm³/mol. The fraction of sp³-hybridized carbons (Fsp3) is 0.440. The third-order valence-electron chi connectivity index (χ3n) is 6.09. The van der Waals surface area contributed by atoms with E-state index in [9.17, 15) is 9.59 Å². The zero-order valence-electron chi connectivity index (χ0n) is 18.2. The number of hydrogen-bond donors (Lipinski definition) is 2. The van der Waals surface area contributed by atoms with E-state index in [1.807, 2.05) is 47.4 Å². The van der Waals surface area contributed by atoms with Crippen LogP contribution < -0.4 is 20.3 Å². The van der Waals surface area contributed by atoms with E-state index in [0.717, 1.165) is 68.5 Å². The minimum Gasteiger partial charge on any atom is -0.494 e. The second-order valence-electron chi connectivity index (χ2n) is 8.37. The van der Waals surface area contributed by atoms with Crippen LogP contribution in [-0.2, 0) is 11.2 Å². The first-order valence-electron chi connectivity index (χ1n) is 11.4. The third-order valence-corrected chi connectivity index (χ3v) is 6.09. The summed E-state index contributed by atoms with van der Waals surface area (Å²) in [5, 5.41) is 5.73. The molecule has 0 spiro atoms. The van der Waals surface area contributed by atoms with E-state index in [-0.39, 0.29) is 17.9 Å². The molecule has 4 rings (SSSR count). The number of benzene rings is 2. The molecule has 1 saturated carbocycles. The Morgan fingerprint density at radius 3 is 2.48 bits per heavy atom. The quantitative estimate of drug-likeness (QED) is 0.573. The number of carbonyl (C=O) groups excluding carboxylic acids is 2. The number of unbranched alkanes of at least 4 members (excludes halogenated alkanes) is 1. The van der Waals surface area contributed by atoms with Crippen LogP contribution in [0.1, 0.15) is 51.0 Å². The van der Waals surface area contributed by atoms with Crippen LogP contribution in [0.3, 0.4) is 0 Å². The number of carbonyl (C=O) groups is 2. The Labute approximate surface area is 184 Å². The van der Waals surface area contributed by atoms with Crippen molar-refractivity contribution in [2.45, 2.75) is 51.9 Å². The third kappa shape index (κ3) is 5.19. The Balaban J connectivity index is 1.36. The highest BCUT2D eigenvalue weighted by Gasteiger charge is 2.31. The monoisotopic (exact) mass is 421 g/mol. The van der Waals surface area contributed by atoms with Crippen molar-refractivity contribution in [2.75, 3.05) is 28.7 Å². The van der Waals surface area contributed by atoms with Crippen LogP contribution in [-0.4, -0.2) is 25.1 Å². The lowest BCUT2D eigenvalue weighted by Gasteiger charge is -2.21. The van der Waals surface area contributed by atoms with E-state index in [1.54, 1.807) is 0 Å². The molecule has 1 aliphatic carbocycles. The van der Waals surface area contributed by atoms with Crippen LogP contribution in [0.2, 0.25) is 0 Å². The molecule has 1 aliphatic heterocycles. The molecule has 0 unspecified atom stereocenters. The lowest BCUT2D eigenvalue weighted by molar-refractivity contribution is -0.122. The number of anilines is 3. The summed E-state index contributed by atoms with van der Waals surface area (Å²) in [6, 6.07) is 12.9. The van der Waals surface area contributed by atoms with Gasteiger partial charge in [-0.1, -0.05) is 32.3 Å². The summed E-state index contributed by atoms with van der Waals surface area (Å²) in [6.45, 7) is 3.55. The number of rotatable bonds is 7. The van der Waals surface area contributed by atoms with Gasteiger partial charge >= 0.3 is 6.03 Å². The molecule has 164 valence electrons. The molecule has 0 saturated heterocycles. The van der Waals surface area contributed by atoms with Crippen molar-refractivity contribution >= 4 is 29.0 Å². The molecule has 2 aromatic rings. The van der Waals surface area contributed by atoms with Crippen molar-refractivity contribution in [2.24, 2.45) is 5.92 Å². The number of ether oxygens (including phenoxy) is 1. The summed E-state index contributed by atoms with van der Waals surface area (Å²) in [6.07, 6.45) is 7.26. The van der Waals surface area contributed by atoms with Gasteiger partial charge < -0.3 is 20.3 Å². The van der Waals surface area contributed by atoms with Gasteiger partial charge in [0.15, 0.2) is 0 Å². The first-order chi connectivity index (χ1) is 15.1. The molecule has 6 heteroatoms. The van der Waals surface area contributed by atoms with E-state index in [2.05, 4.69) is 17.6 Å². The van der Waals surface area contributed by atoms with Gasteiger partial charge in [0.05, 0.1) is 6.61 Å². The second-order valence-corrected chi connectivity index (χ2v) is 8.37. The normalized spacial score (nSPS) is 15.6. The number of fused-ring (bicyclic) bond motifs is 1. The average Bonchev–Trinajstić information content (AvgIpc) is 3.45. The zero-order chi connectivity index (χ0) is 21.6. The molecule has 6 nitrogen and oxygen atoms in total. The van der Waals surface area contributed by atoms with E-state index in [0.29, 0.717) is 18.0 Å². The maximum absolute atomic E-state index is 12.9. The Morgan fingerprint density at radius 2 is 1.74 bits per heavy atom. The van der Waals surface area contributed by atoms with Crippen molar-refractivity contribution in [3.63, 3.8) is 0 Å². The molecule has 0 atom stereocenters. The number of urea groups is 1. The average molecular weight is 422 g/mol. The maximum atomic E-state index is 12.9. The molecular weight excluding hydrogens is 390 g/mol. The Morgan fingerprint density at radius 1 is 1.03 bits per heavy atom. The van der Waals surface area contributed by atoms with Gasteiger partial charge in [0.2, 0.25) is 5.91 Å². The van der Waals surface area contributed by atoms with Crippen LogP contribution in [0.5, 0.6) is 5.75 Å². The van der Waals surface area contributed by atoms with Crippen LogP contribution in [0, 0.1) is 5.92 Å². The fourth-order valence-corrected chi connectivity index (χ4v) is 4.34. The molecular formula is C25H31N3O3. The molecule has 0 bridgehead atoms. The largest absolute Gasteiger partial charge is 0.494 e. The Bertz CT molecular complexity index is 920. The van der Waals surface area contributed by atoms with Gasteiger partial charge in [0.1, 0.15) is 5.75 Å². The van der Waals surface area contributed by atoms with Crippen molar-refractivity contribution in [1.29, 1.82) is 0 Å². The highest BCUT2D eigenvalue weighted by Crippen LogP contribution is 2.35. The standard InChI is InChI=1S/C25H31N3O3/c1-2-3-16-31-22-12-10-20(11-13-22)26-25(30)27-21-9-8-18-14-15-28(23(18)17-21)24(29)19-6-4-5-7-19/h8-13,17,19H,2-7,14-16H2,1H3,(H2,26,27,30). The Hall–Kier alpha value is -3.02. The molecule has 3 amide bonds. The summed E-state index contributed by atoms with van der Waals surface area (Å²) in [4.78, 5) is 27.3. The predicted octanol–water partition coefficient (Wildman–Crippen LogP) is 5.59. The van der Waals surface area contributed by atoms with E-state index in [4.69, 9.17) is 4.74 Å². The highest BCUT2D eigenvalue weighted by atomic mass is 16.5. The van der Waals surface area contributed by atoms with E-state index >= 15 is 0 Å². The fourth-order valence-electron chi connectivity index (χ4n) is 4.34. The topological polar surface area (TPSA) is 70.7 Å². The summed E-state index contributed by atoms with van der Waals surface area (Å²) < 4.78 is 5.65.